The van der Waals surface area contributed by atoms with Crippen molar-refractivity contribution < 1.29 is 37.0 Å². The number of ether oxygens (including phenoxy) is 3. The molecule has 9 nitrogen and oxygen atoms in total. The Morgan fingerprint density at radius 1 is 1.18 bits per heavy atom. The third kappa shape index (κ3) is 5.05. The predicted molar refractivity (Wildman–Crippen MR) is 110 cm³/mol. The van der Waals surface area contributed by atoms with Crippen LogP contribution < -0.4 is 14.8 Å². The van der Waals surface area contributed by atoms with E-state index in [1.807, 2.05) is 0 Å². The highest BCUT2D eigenvalue weighted by atomic mass is 19.4. The third-order valence-corrected chi connectivity index (χ3v) is 4.44. The van der Waals surface area contributed by atoms with Gasteiger partial charge in [0, 0.05) is 5.56 Å². The summed E-state index contributed by atoms with van der Waals surface area (Å²) in [5.41, 5.74) is -1.51. The van der Waals surface area contributed by atoms with Crippen molar-refractivity contribution in [3.05, 3.63) is 54.4 Å². The highest BCUT2D eigenvalue weighted by molar-refractivity contribution is 6.01. The number of nitrogens with one attached hydrogen (secondary N) is 1. The van der Waals surface area contributed by atoms with Crippen LogP contribution in [0.1, 0.15) is 16.1 Å². The van der Waals surface area contributed by atoms with Crippen LogP contribution >= 0.6 is 0 Å². The summed E-state index contributed by atoms with van der Waals surface area (Å²) in [6, 6.07) is 5.30. The largest absolute Gasteiger partial charge is 0.493 e. The second-order valence-electron chi connectivity index (χ2n) is 6.54. The van der Waals surface area contributed by atoms with E-state index in [1.165, 1.54) is 38.5 Å². The van der Waals surface area contributed by atoms with Gasteiger partial charge in [-0.25, -0.2) is 9.50 Å². The van der Waals surface area contributed by atoms with E-state index in [2.05, 4.69) is 22.0 Å². The summed E-state index contributed by atoms with van der Waals surface area (Å²) < 4.78 is 56.9. The average molecular weight is 464 g/mol. The van der Waals surface area contributed by atoms with E-state index >= 15 is 0 Å². The van der Waals surface area contributed by atoms with Gasteiger partial charge in [0.2, 0.25) is 0 Å². The van der Waals surface area contributed by atoms with Crippen molar-refractivity contribution in [2.45, 2.75) is 6.18 Å². The topological polar surface area (TPSA) is 104 Å². The Bertz CT molecular complexity index is 1210. The Morgan fingerprint density at radius 3 is 2.55 bits per heavy atom. The number of fused-ring (bicyclic) bond motifs is 1. The Kier molecular flexibility index (Phi) is 6.85. The normalized spacial score (nSPS) is 11.2. The Hall–Kier alpha value is -4.09. The van der Waals surface area contributed by atoms with E-state index in [-0.39, 0.29) is 29.3 Å². The van der Waals surface area contributed by atoms with Crippen LogP contribution in [0, 0.1) is 0 Å². The molecule has 0 radical (unpaired) electrons. The van der Waals surface area contributed by atoms with Gasteiger partial charge in [0.05, 0.1) is 26.1 Å². The molecule has 1 N–H and O–H groups in total. The van der Waals surface area contributed by atoms with E-state index in [9.17, 15) is 22.8 Å². The number of methoxy groups -OCH3 is 2. The van der Waals surface area contributed by atoms with E-state index in [0.717, 1.165) is 12.3 Å². The number of esters is 1. The molecule has 1 amide bonds. The number of hydrogen-bond acceptors (Lipinski definition) is 7. The molecular weight excluding hydrogens is 445 g/mol. The van der Waals surface area contributed by atoms with E-state index in [4.69, 9.17) is 14.2 Å². The Balaban J connectivity index is 2.06. The van der Waals surface area contributed by atoms with E-state index in [1.54, 1.807) is 0 Å². The van der Waals surface area contributed by atoms with Gasteiger partial charge in [-0.2, -0.15) is 18.3 Å². The van der Waals surface area contributed by atoms with Crippen LogP contribution in [-0.4, -0.2) is 53.8 Å². The molecule has 0 saturated carbocycles. The fourth-order valence-corrected chi connectivity index (χ4v) is 2.92. The van der Waals surface area contributed by atoms with Crippen molar-refractivity contribution in [1.82, 2.24) is 19.9 Å². The molecule has 0 spiro atoms. The fourth-order valence-electron chi connectivity index (χ4n) is 2.92. The minimum Gasteiger partial charge on any atom is -0.493 e. The molecule has 0 aliphatic heterocycles. The molecule has 12 heteroatoms. The number of carbonyl (C=O) groups is 2. The summed E-state index contributed by atoms with van der Waals surface area (Å²) in [6.45, 7) is 2.85. The summed E-state index contributed by atoms with van der Waals surface area (Å²) in [4.78, 5) is 28.3. The molecule has 3 rings (SSSR count). The quantitative estimate of drug-likeness (QED) is 0.404. The summed E-state index contributed by atoms with van der Waals surface area (Å²) in [5, 5.41) is 5.96. The number of alkyl halides is 3. The molecule has 0 aliphatic rings. The zero-order valence-corrected chi connectivity index (χ0v) is 17.6. The van der Waals surface area contributed by atoms with Gasteiger partial charge in [0.25, 0.3) is 5.91 Å². The summed E-state index contributed by atoms with van der Waals surface area (Å²) >= 11 is 0. The number of hydrogen-bond donors (Lipinski definition) is 1. The average Bonchev–Trinajstić information content (AvgIpc) is 3.23. The Morgan fingerprint density at radius 2 is 1.91 bits per heavy atom. The molecule has 0 unspecified atom stereocenters. The summed E-state index contributed by atoms with van der Waals surface area (Å²) in [7, 11) is 2.81. The highest BCUT2D eigenvalue weighted by Gasteiger charge is 2.36. The Labute approximate surface area is 185 Å². The first-order valence-electron chi connectivity index (χ1n) is 9.42. The van der Waals surface area contributed by atoms with Gasteiger partial charge >= 0.3 is 12.1 Å². The first kappa shape index (κ1) is 23.6. The van der Waals surface area contributed by atoms with Gasteiger partial charge in [-0.05, 0) is 24.3 Å². The maximum absolute atomic E-state index is 13.8. The number of aromatic nitrogens is 3. The van der Waals surface area contributed by atoms with Crippen LogP contribution in [0.4, 0.5) is 13.2 Å². The van der Waals surface area contributed by atoms with Gasteiger partial charge in [-0.15, -0.1) is 0 Å². The first-order chi connectivity index (χ1) is 15.7. The number of amides is 1. The molecule has 2 heterocycles. The van der Waals surface area contributed by atoms with Gasteiger partial charge < -0.3 is 19.5 Å². The van der Waals surface area contributed by atoms with Crippen LogP contribution in [0.15, 0.2) is 43.1 Å². The molecule has 33 heavy (non-hydrogen) atoms. The minimum atomic E-state index is -4.79. The standard InChI is InChI=1S/C21H19F3N4O5/c1-4-7-33-18(29)11-25-20(30)13-10-26-28-17(21(22,23)24)9-14(27-19(13)28)12-5-6-15(31-2)16(8-12)32-3/h4-6,8-10H,1,7,11H2,2-3H3,(H,25,30). The number of carbonyl (C=O) groups excluding carboxylic acids is 2. The van der Waals surface area contributed by atoms with Crippen molar-refractivity contribution in [1.29, 1.82) is 0 Å². The lowest BCUT2D eigenvalue weighted by Gasteiger charge is -2.13. The zero-order chi connectivity index (χ0) is 24.2. The first-order valence-corrected chi connectivity index (χ1v) is 9.42. The van der Waals surface area contributed by atoms with Crippen molar-refractivity contribution in [3.8, 4) is 22.8 Å². The smallest absolute Gasteiger partial charge is 0.433 e. The van der Waals surface area contributed by atoms with Crippen LogP contribution in [0.5, 0.6) is 11.5 Å². The minimum absolute atomic E-state index is 0.0450. The van der Waals surface area contributed by atoms with E-state index < -0.39 is 30.3 Å². The molecule has 2 aromatic heterocycles. The predicted octanol–water partition coefficient (Wildman–Crippen LogP) is 2.89. The second-order valence-corrected chi connectivity index (χ2v) is 6.54. The summed E-state index contributed by atoms with van der Waals surface area (Å²) in [6.07, 6.45) is -2.50. The molecule has 0 atom stereocenters. The van der Waals surface area contributed by atoms with Crippen molar-refractivity contribution in [2.24, 2.45) is 0 Å². The van der Waals surface area contributed by atoms with Crippen LogP contribution in [-0.2, 0) is 15.7 Å². The zero-order valence-electron chi connectivity index (χ0n) is 17.6. The number of benzene rings is 1. The van der Waals surface area contributed by atoms with Crippen LogP contribution in [0.3, 0.4) is 0 Å². The van der Waals surface area contributed by atoms with Crippen LogP contribution in [0.2, 0.25) is 0 Å². The summed E-state index contributed by atoms with van der Waals surface area (Å²) in [5.74, 6) is -0.916. The van der Waals surface area contributed by atoms with Crippen molar-refractivity contribution >= 4 is 17.5 Å². The van der Waals surface area contributed by atoms with Gasteiger partial charge in [0.15, 0.2) is 22.8 Å². The molecule has 1 aromatic carbocycles. The van der Waals surface area contributed by atoms with Gasteiger partial charge in [-0.1, -0.05) is 12.7 Å². The molecular formula is C21H19F3N4O5. The molecule has 0 saturated heterocycles. The van der Waals surface area contributed by atoms with Crippen molar-refractivity contribution in [3.63, 3.8) is 0 Å². The SMILES string of the molecule is C=CCOC(=O)CNC(=O)c1cnn2c(C(F)(F)F)cc(-c3ccc(OC)c(OC)c3)nc12. The highest BCUT2D eigenvalue weighted by Crippen LogP contribution is 2.35. The maximum atomic E-state index is 13.8. The molecule has 3 aromatic rings. The van der Waals surface area contributed by atoms with Gasteiger partial charge in [-0.3, -0.25) is 9.59 Å². The maximum Gasteiger partial charge on any atom is 0.433 e. The number of rotatable bonds is 8. The molecule has 174 valence electrons. The van der Waals surface area contributed by atoms with Crippen molar-refractivity contribution in [2.75, 3.05) is 27.4 Å². The fraction of sp³-hybridized carbons (Fsp3) is 0.238. The second kappa shape index (κ2) is 9.59. The molecule has 0 fully saturated rings. The molecule has 0 bridgehead atoms. The monoisotopic (exact) mass is 464 g/mol. The lowest BCUT2D eigenvalue weighted by atomic mass is 10.1. The number of nitrogens with zero attached hydrogens (tertiary/aromatic N) is 3. The molecule has 0 aliphatic carbocycles. The van der Waals surface area contributed by atoms with Crippen LogP contribution in [0.25, 0.3) is 16.9 Å². The van der Waals surface area contributed by atoms with Gasteiger partial charge in [0.1, 0.15) is 18.7 Å². The van der Waals surface area contributed by atoms with E-state index in [0.29, 0.717) is 15.8 Å². The number of halogens is 3. The third-order valence-electron chi connectivity index (χ3n) is 4.44. The lowest BCUT2D eigenvalue weighted by Crippen LogP contribution is -2.30. The lowest BCUT2D eigenvalue weighted by molar-refractivity contribution is -0.143.